The molecule has 0 fully saturated rings. The number of hydrogen-bond donors (Lipinski definition) is 0. The van der Waals surface area contributed by atoms with Crippen molar-refractivity contribution in [2.75, 3.05) is 33.2 Å². The van der Waals surface area contributed by atoms with Gasteiger partial charge in [0.1, 0.15) is 18.7 Å². The van der Waals surface area contributed by atoms with Gasteiger partial charge in [0.25, 0.3) is 0 Å². The van der Waals surface area contributed by atoms with Crippen molar-refractivity contribution in [2.24, 2.45) is 11.8 Å². The fourth-order valence-corrected chi connectivity index (χ4v) is 2.85. The minimum absolute atomic E-state index is 0.0719. The largest absolute Gasteiger partial charge is 0.464 e. The maximum absolute atomic E-state index is 13.2. The summed E-state index contributed by atoms with van der Waals surface area (Å²) < 4.78 is 10.4. The molecule has 0 radical (unpaired) electrons. The van der Waals surface area contributed by atoms with Crippen molar-refractivity contribution in [2.45, 2.75) is 66.0 Å². The lowest BCUT2D eigenvalue weighted by Crippen LogP contribution is -2.53. The van der Waals surface area contributed by atoms with Crippen molar-refractivity contribution in [1.82, 2.24) is 9.80 Å². The molecule has 0 rings (SSSR count). The van der Waals surface area contributed by atoms with Crippen molar-refractivity contribution < 1.29 is 23.9 Å². The van der Waals surface area contributed by atoms with Crippen LogP contribution in [0, 0.1) is 11.8 Å². The predicted molar refractivity (Wildman–Crippen MR) is 110 cm³/mol. The summed E-state index contributed by atoms with van der Waals surface area (Å²) in [5, 5.41) is 0. The molecule has 0 aromatic carbocycles. The van der Waals surface area contributed by atoms with Gasteiger partial charge in [-0.25, -0.2) is 9.59 Å². The molecule has 0 spiro atoms. The highest BCUT2D eigenvalue weighted by molar-refractivity contribution is 6.18. The molecular weight excluding hydrogens is 384 g/mol. The van der Waals surface area contributed by atoms with Crippen molar-refractivity contribution in [3.05, 3.63) is 0 Å². The SMILES string of the molecule is CCCOC(=O)C(CC(C)C)N(C)C(=O)C(CC(C)C)N(C)C(=O)OCCCl. The Morgan fingerprint density at radius 3 is 1.86 bits per heavy atom. The smallest absolute Gasteiger partial charge is 0.410 e. The van der Waals surface area contributed by atoms with Gasteiger partial charge in [-0.05, 0) is 31.1 Å². The highest BCUT2D eigenvalue weighted by atomic mass is 35.5. The van der Waals surface area contributed by atoms with E-state index in [0.29, 0.717) is 25.9 Å². The topological polar surface area (TPSA) is 76.2 Å². The second-order valence-electron chi connectivity index (χ2n) is 7.82. The van der Waals surface area contributed by atoms with Crippen LogP contribution in [0.2, 0.25) is 0 Å². The monoisotopic (exact) mass is 420 g/mol. The van der Waals surface area contributed by atoms with Crippen molar-refractivity contribution in [3.8, 4) is 0 Å². The third-order valence-corrected chi connectivity index (χ3v) is 4.42. The number of halogens is 1. The molecule has 28 heavy (non-hydrogen) atoms. The van der Waals surface area contributed by atoms with E-state index in [1.807, 2.05) is 34.6 Å². The molecule has 0 aromatic rings. The van der Waals surface area contributed by atoms with Crippen LogP contribution in [0.5, 0.6) is 0 Å². The first-order valence-corrected chi connectivity index (χ1v) is 10.5. The number of esters is 1. The van der Waals surface area contributed by atoms with Crippen molar-refractivity contribution in [1.29, 1.82) is 0 Å². The highest BCUT2D eigenvalue weighted by Crippen LogP contribution is 2.19. The van der Waals surface area contributed by atoms with E-state index < -0.39 is 24.1 Å². The second kappa shape index (κ2) is 13.6. The van der Waals surface area contributed by atoms with E-state index in [1.54, 1.807) is 7.05 Å². The molecular formula is C20H37ClN2O5. The summed E-state index contributed by atoms with van der Waals surface area (Å²) in [4.78, 5) is 40.7. The Balaban J connectivity index is 5.52. The summed E-state index contributed by atoms with van der Waals surface area (Å²) in [7, 11) is 3.12. The van der Waals surface area contributed by atoms with Crippen LogP contribution in [0.4, 0.5) is 4.79 Å². The maximum atomic E-state index is 13.2. The van der Waals surface area contributed by atoms with Gasteiger partial charge in [-0.2, -0.15) is 0 Å². The third kappa shape index (κ3) is 9.13. The van der Waals surface area contributed by atoms with Gasteiger partial charge < -0.3 is 14.4 Å². The van der Waals surface area contributed by atoms with Gasteiger partial charge in [0.15, 0.2) is 0 Å². The molecule has 2 atom stereocenters. The Labute approximate surface area is 174 Å². The van der Waals surface area contributed by atoms with Gasteiger partial charge in [0, 0.05) is 14.1 Å². The summed E-state index contributed by atoms with van der Waals surface area (Å²) >= 11 is 5.57. The van der Waals surface area contributed by atoms with Gasteiger partial charge in [-0.1, -0.05) is 34.6 Å². The number of carbonyl (C=O) groups is 3. The van der Waals surface area contributed by atoms with Crippen LogP contribution >= 0.6 is 11.6 Å². The third-order valence-electron chi connectivity index (χ3n) is 4.27. The number of alkyl halides is 1. The number of carbonyl (C=O) groups excluding carboxylic acids is 3. The number of likely N-dealkylation sites (N-methyl/N-ethyl adjacent to an activating group) is 2. The molecule has 8 heteroatoms. The van der Waals surface area contributed by atoms with E-state index >= 15 is 0 Å². The van der Waals surface area contributed by atoms with Crippen LogP contribution in [0.1, 0.15) is 53.9 Å². The van der Waals surface area contributed by atoms with Gasteiger partial charge in [0.2, 0.25) is 5.91 Å². The predicted octanol–water partition coefficient (Wildman–Crippen LogP) is 3.53. The quantitative estimate of drug-likeness (QED) is 0.356. The summed E-state index contributed by atoms with van der Waals surface area (Å²) in [6, 6.07) is -1.43. The minimum atomic E-state index is -0.735. The van der Waals surface area contributed by atoms with Gasteiger partial charge in [0.05, 0.1) is 12.5 Å². The molecule has 0 aliphatic heterocycles. The fourth-order valence-electron chi connectivity index (χ4n) is 2.77. The molecule has 7 nitrogen and oxygen atoms in total. The molecule has 0 heterocycles. The first-order chi connectivity index (χ1) is 13.1. The zero-order valence-electron chi connectivity index (χ0n) is 18.4. The summed E-state index contributed by atoms with van der Waals surface area (Å²) in [6.07, 6.45) is 1.04. The summed E-state index contributed by atoms with van der Waals surface area (Å²) in [5.41, 5.74) is 0. The molecule has 2 unspecified atom stereocenters. The van der Waals surface area contributed by atoms with Crippen LogP contribution in [0.15, 0.2) is 0 Å². The lowest BCUT2D eigenvalue weighted by molar-refractivity contribution is -0.156. The van der Waals surface area contributed by atoms with Crippen LogP contribution in [0.25, 0.3) is 0 Å². The number of nitrogens with zero attached hydrogens (tertiary/aromatic N) is 2. The average Bonchev–Trinajstić information content (AvgIpc) is 2.64. The lowest BCUT2D eigenvalue weighted by Gasteiger charge is -2.34. The number of rotatable bonds is 12. The zero-order valence-corrected chi connectivity index (χ0v) is 19.1. The number of amides is 2. The van der Waals surface area contributed by atoms with Crippen LogP contribution in [-0.2, 0) is 19.1 Å². The van der Waals surface area contributed by atoms with E-state index in [2.05, 4.69) is 0 Å². The Bertz CT molecular complexity index is 499. The number of ether oxygens (including phenoxy) is 2. The Morgan fingerprint density at radius 1 is 0.857 bits per heavy atom. The Kier molecular flexibility index (Phi) is 12.9. The van der Waals surface area contributed by atoms with Crippen molar-refractivity contribution >= 4 is 29.6 Å². The molecule has 2 amide bonds. The molecule has 0 saturated carbocycles. The van der Waals surface area contributed by atoms with Crippen LogP contribution in [-0.4, -0.2) is 73.0 Å². The first kappa shape index (κ1) is 26.5. The van der Waals surface area contributed by atoms with E-state index in [9.17, 15) is 14.4 Å². The molecule has 0 bridgehead atoms. The molecule has 0 aliphatic carbocycles. The summed E-state index contributed by atoms with van der Waals surface area (Å²) in [6.45, 7) is 10.2. The zero-order chi connectivity index (χ0) is 21.9. The second-order valence-corrected chi connectivity index (χ2v) is 8.20. The van der Waals surface area contributed by atoms with E-state index in [0.717, 1.165) is 0 Å². The normalized spacial score (nSPS) is 13.2. The highest BCUT2D eigenvalue weighted by Gasteiger charge is 2.36. The Morgan fingerprint density at radius 2 is 1.39 bits per heavy atom. The molecule has 0 saturated heterocycles. The minimum Gasteiger partial charge on any atom is -0.464 e. The lowest BCUT2D eigenvalue weighted by atomic mass is 9.98. The molecule has 0 aromatic heterocycles. The molecule has 164 valence electrons. The Hall–Kier alpha value is -1.50. The fraction of sp³-hybridized carbons (Fsp3) is 0.850. The van der Waals surface area contributed by atoms with Crippen molar-refractivity contribution in [3.63, 3.8) is 0 Å². The van der Waals surface area contributed by atoms with Gasteiger partial charge in [-0.3, -0.25) is 9.69 Å². The van der Waals surface area contributed by atoms with E-state index in [4.69, 9.17) is 21.1 Å². The average molecular weight is 421 g/mol. The van der Waals surface area contributed by atoms with Crippen LogP contribution < -0.4 is 0 Å². The maximum Gasteiger partial charge on any atom is 0.410 e. The summed E-state index contributed by atoms with van der Waals surface area (Å²) in [5.74, 6) is -0.173. The van der Waals surface area contributed by atoms with Crippen LogP contribution in [0.3, 0.4) is 0 Å². The van der Waals surface area contributed by atoms with E-state index in [1.165, 1.54) is 16.8 Å². The first-order valence-electron chi connectivity index (χ1n) is 9.95. The van der Waals surface area contributed by atoms with Gasteiger partial charge in [-0.15, -0.1) is 11.6 Å². The standard InChI is InChI=1S/C20H37ClN2O5/c1-8-10-27-19(25)17(13-15(4)5)22(6)18(24)16(12-14(2)3)23(7)20(26)28-11-9-21/h14-17H,8-13H2,1-7H3. The van der Waals surface area contributed by atoms with Gasteiger partial charge >= 0.3 is 12.1 Å². The number of hydrogen-bond acceptors (Lipinski definition) is 5. The van der Waals surface area contributed by atoms with E-state index in [-0.39, 0.29) is 30.2 Å². The molecule has 0 N–H and O–H groups in total. The molecule has 0 aliphatic rings.